The number of nitrogen functional groups attached to an aromatic ring is 1. The highest BCUT2D eigenvalue weighted by molar-refractivity contribution is 5.99. The summed E-state index contributed by atoms with van der Waals surface area (Å²) >= 11 is 0. The van der Waals surface area contributed by atoms with E-state index in [1.807, 2.05) is 61.5 Å². The van der Waals surface area contributed by atoms with Crippen LogP contribution in [-0.2, 0) is 4.74 Å². The van der Waals surface area contributed by atoms with Crippen LogP contribution in [0, 0.1) is 6.92 Å². The smallest absolute Gasteiger partial charge is 0.265 e. The maximum Gasteiger partial charge on any atom is 0.265 e. The zero-order chi connectivity index (χ0) is 18.5. The number of aromatic nitrogens is 2. The van der Waals surface area contributed by atoms with Gasteiger partial charge in [0.05, 0.1) is 11.9 Å². The predicted octanol–water partition coefficient (Wildman–Crippen LogP) is 3.34. The lowest BCUT2D eigenvalue weighted by Crippen LogP contribution is -2.15. The number of benzene rings is 2. The largest absolute Gasteiger partial charge is 0.436 e. The van der Waals surface area contributed by atoms with E-state index >= 15 is 0 Å². The average molecular weight is 345 g/mol. The molecular weight excluding hydrogens is 326 g/mol. The molecule has 2 aromatic carbocycles. The van der Waals surface area contributed by atoms with Gasteiger partial charge < -0.3 is 16.3 Å². The van der Waals surface area contributed by atoms with Gasteiger partial charge >= 0.3 is 0 Å². The number of nitrogens with zero attached hydrogens (tertiary/aromatic N) is 3. The van der Waals surface area contributed by atoms with Crippen molar-refractivity contribution in [2.45, 2.75) is 6.92 Å². The van der Waals surface area contributed by atoms with Gasteiger partial charge in [0.1, 0.15) is 5.76 Å². The van der Waals surface area contributed by atoms with Gasteiger partial charge in [-0.3, -0.25) is 0 Å². The summed E-state index contributed by atoms with van der Waals surface area (Å²) in [6.07, 6.45) is 1.60. The van der Waals surface area contributed by atoms with Crippen LogP contribution >= 0.6 is 0 Å². The molecule has 0 saturated heterocycles. The molecule has 0 bridgehead atoms. The van der Waals surface area contributed by atoms with Crippen molar-refractivity contribution in [3.05, 3.63) is 84.2 Å². The van der Waals surface area contributed by atoms with Gasteiger partial charge in [0, 0.05) is 11.1 Å². The minimum atomic E-state index is 0.0540. The van der Waals surface area contributed by atoms with Crippen molar-refractivity contribution in [3.63, 3.8) is 0 Å². The SMILES string of the molecule is C=C(O/C(=N\N)c1nc(-c2cccc(C)c2)cnc1N)c1ccccc1. The molecule has 26 heavy (non-hydrogen) atoms. The number of hydrogen-bond acceptors (Lipinski definition) is 6. The second-order valence-corrected chi connectivity index (χ2v) is 5.68. The van der Waals surface area contributed by atoms with Crippen LogP contribution in [0.1, 0.15) is 16.8 Å². The molecule has 0 fully saturated rings. The fourth-order valence-electron chi connectivity index (χ4n) is 2.43. The van der Waals surface area contributed by atoms with E-state index in [9.17, 15) is 0 Å². The summed E-state index contributed by atoms with van der Waals surface area (Å²) in [5, 5.41) is 3.69. The number of hydrazone groups is 1. The quantitative estimate of drug-likeness (QED) is 0.248. The van der Waals surface area contributed by atoms with Crippen LogP contribution in [0.2, 0.25) is 0 Å². The zero-order valence-corrected chi connectivity index (χ0v) is 14.4. The Hall–Kier alpha value is -3.67. The summed E-state index contributed by atoms with van der Waals surface area (Å²) in [5.74, 6) is 6.12. The minimum absolute atomic E-state index is 0.0540. The van der Waals surface area contributed by atoms with Crippen LogP contribution in [0.5, 0.6) is 0 Å². The first kappa shape index (κ1) is 17.2. The minimum Gasteiger partial charge on any atom is -0.436 e. The summed E-state index contributed by atoms with van der Waals surface area (Å²) in [6, 6.07) is 17.3. The highest BCUT2D eigenvalue weighted by Crippen LogP contribution is 2.22. The van der Waals surface area contributed by atoms with E-state index in [1.165, 1.54) is 0 Å². The molecule has 1 aromatic heterocycles. The molecule has 0 radical (unpaired) electrons. The molecule has 6 heteroatoms. The summed E-state index contributed by atoms with van der Waals surface area (Å²) in [7, 11) is 0. The second-order valence-electron chi connectivity index (χ2n) is 5.68. The van der Waals surface area contributed by atoms with Crippen LogP contribution in [0.25, 0.3) is 17.0 Å². The van der Waals surface area contributed by atoms with Crippen molar-refractivity contribution in [2.75, 3.05) is 5.73 Å². The van der Waals surface area contributed by atoms with Gasteiger partial charge in [-0.1, -0.05) is 60.7 Å². The van der Waals surface area contributed by atoms with Gasteiger partial charge in [-0.15, -0.1) is 5.10 Å². The maximum atomic E-state index is 5.97. The van der Waals surface area contributed by atoms with Crippen molar-refractivity contribution in [3.8, 4) is 11.3 Å². The lowest BCUT2D eigenvalue weighted by molar-refractivity contribution is 0.505. The highest BCUT2D eigenvalue weighted by atomic mass is 16.5. The van der Waals surface area contributed by atoms with Crippen molar-refractivity contribution in [1.29, 1.82) is 0 Å². The van der Waals surface area contributed by atoms with E-state index in [1.54, 1.807) is 6.20 Å². The maximum absolute atomic E-state index is 5.97. The molecule has 3 rings (SSSR count). The molecule has 0 aliphatic heterocycles. The average Bonchev–Trinajstić information content (AvgIpc) is 2.67. The predicted molar refractivity (Wildman–Crippen MR) is 104 cm³/mol. The summed E-state index contributed by atoms with van der Waals surface area (Å²) in [5.41, 5.74) is 9.71. The molecule has 0 spiro atoms. The molecule has 3 aromatic rings. The van der Waals surface area contributed by atoms with E-state index in [0.717, 1.165) is 16.7 Å². The number of ether oxygens (including phenoxy) is 1. The Kier molecular flexibility index (Phi) is 4.94. The Labute approximate surface area is 151 Å². The molecule has 1 heterocycles. The standard InChI is InChI=1S/C20H19N5O/c1-13-7-6-10-16(11-13)17-12-23-19(21)18(24-17)20(25-22)26-14(2)15-8-4-3-5-9-15/h3-12H,2,22H2,1H3,(H2,21,23)/b25-20-. The third-order valence-corrected chi connectivity index (χ3v) is 3.75. The van der Waals surface area contributed by atoms with Crippen molar-refractivity contribution < 1.29 is 4.74 Å². The number of rotatable bonds is 4. The number of anilines is 1. The fraction of sp³-hybridized carbons (Fsp3) is 0.0500. The first-order chi connectivity index (χ1) is 12.6. The second kappa shape index (κ2) is 7.48. The van der Waals surface area contributed by atoms with Crippen LogP contribution in [0.3, 0.4) is 0 Å². The first-order valence-corrected chi connectivity index (χ1v) is 7.98. The summed E-state index contributed by atoms with van der Waals surface area (Å²) < 4.78 is 5.72. The number of aryl methyl sites for hydroxylation is 1. The van der Waals surface area contributed by atoms with Gasteiger partial charge in [0.25, 0.3) is 5.90 Å². The molecule has 0 unspecified atom stereocenters. The van der Waals surface area contributed by atoms with Gasteiger partial charge in [-0.2, -0.15) is 0 Å². The van der Waals surface area contributed by atoms with E-state index in [4.69, 9.17) is 16.3 Å². The Morgan fingerprint density at radius 1 is 1.12 bits per heavy atom. The summed E-state index contributed by atoms with van der Waals surface area (Å²) in [6.45, 7) is 5.92. The lowest BCUT2D eigenvalue weighted by Gasteiger charge is -2.12. The molecule has 4 N–H and O–H groups in total. The van der Waals surface area contributed by atoms with Gasteiger partial charge in [0.2, 0.25) is 0 Å². The zero-order valence-electron chi connectivity index (χ0n) is 14.4. The topological polar surface area (TPSA) is 99.4 Å². The van der Waals surface area contributed by atoms with E-state index in [-0.39, 0.29) is 17.4 Å². The van der Waals surface area contributed by atoms with Crippen molar-refractivity contribution in [2.24, 2.45) is 10.9 Å². The van der Waals surface area contributed by atoms with E-state index in [2.05, 4.69) is 21.6 Å². The van der Waals surface area contributed by atoms with Gasteiger partial charge in [0.15, 0.2) is 11.5 Å². The number of hydrogen-bond donors (Lipinski definition) is 2. The van der Waals surface area contributed by atoms with Crippen LogP contribution in [0.4, 0.5) is 5.82 Å². The monoisotopic (exact) mass is 345 g/mol. The van der Waals surface area contributed by atoms with Crippen LogP contribution in [0.15, 0.2) is 72.5 Å². The molecule has 0 saturated carbocycles. The summed E-state index contributed by atoms with van der Waals surface area (Å²) in [4.78, 5) is 8.74. The lowest BCUT2D eigenvalue weighted by atomic mass is 10.1. The van der Waals surface area contributed by atoms with Crippen LogP contribution in [-0.4, -0.2) is 15.9 Å². The Morgan fingerprint density at radius 2 is 1.88 bits per heavy atom. The van der Waals surface area contributed by atoms with Crippen molar-refractivity contribution in [1.82, 2.24) is 9.97 Å². The first-order valence-electron chi connectivity index (χ1n) is 7.98. The molecule has 0 atom stereocenters. The van der Waals surface area contributed by atoms with Crippen LogP contribution < -0.4 is 11.6 Å². The molecular formula is C20H19N5O. The Bertz CT molecular complexity index is 967. The molecule has 0 amide bonds. The van der Waals surface area contributed by atoms with E-state index in [0.29, 0.717) is 11.5 Å². The molecule has 0 aliphatic rings. The Morgan fingerprint density at radius 3 is 2.58 bits per heavy atom. The van der Waals surface area contributed by atoms with Gasteiger partial charge in [-0.05, 0) is 13.0 Å². The molecule has 0 aliphatic carbocycles. The normalized spacial score (nSPS) is 11.2. The molecule has 130 valence electrons. The fourth-order valence-corrected chi connectivity index (χ4v) is 2.43. The number of nitrogens with two attached hydrogens (primary N) is 2. The third kappa shape index (κ3) is 3.70. The third-order valence-electron chi connectivity index (χ3n) is 3.75. The van der Waals surface area contributed by atoms with E-state index < -0.39 is 0 Å². The Balaban J connectivity index is 1.94. The van der Waals surface area contributed by atoms with Gasteiger partial charge in [-0.25, -0.2) is 9.97 Å². The van der Waals surface area contributed by atoms with Crippen molar-refractivity contribution >= 4 is 17.5 Å². The molecule has 6 nitrogen and oxygen atoms in total. The highest BCUT2D eigenvalue weighted by Gasteiger charge is 2.16.